The average molecular weight is 506 g/mol. The van der Waals surface area contributed by atoms with Crippen LogP contribution in [0, 0.1) is 0 Å². The van der Waals surface area contributed by atoms with Gasteiger partial charge in [-0.3, -0.25) is 4.98 Å². The van der Waals surface area contributed by atoms with Gasteiger partial charge < -0.3 is 9.84 Å². The number of pyridine rings is 1. The van der Waals surface area contributed by atoms with E-state index in [1.54, 1.807) is 24.3 Å². The zero-order valence-electron chi connectivity index (χ0n) is 21.2. The van der Waals surface area contributed by atoms with Gasteiger partial charge in [0, 0.05) is 22.9 Å². The van der Waals surface area contributed by atoms with E-state index in [4.69, 9.17) is 9.72 Å². The molecular formula is C30H27N5O3. The molecule has 3 aromatic carbocycles. The van der Waals surface area contributed by atoms with Gasteiger partial charge in [-0.25, -0.2) is 4.79 Å². The van der Waals surface area contributed by atoms with Gasteiger partial charge in [-0.15, -0.1) is 10.2 Å². The number of aromatic amines is 1. The van der Waals surface area contributed by atoms with Crippen LogP contribution in [0.3, 0.4) is 0 Å². The van der Waals surface area contributed by atoms with E-state index in [1.807, 2.05) is 54.6 Å². The maximum atomic E-state index is 11.4. The van der Waals surface area contributed by atoms with E-state index in [0.717, 1.165) is 51.2 Å². The number of carboxylic acid groups (broad SMARTS) is 1. The van der Waals surface area contributed by atoms with Crippen LogP contribution in [0.2, 0.25) is 0 Å². The first-order chi connectivity index (χ1) is 18.6. The van der Waals surface area contributed by atoms with Gasteiger partial charge in [0.05, 0.1) is 11.3 Å². The smallest absolute Gasteiger partial charge is 0.335 e. The topological polar surface area (TPSA) is 114 Å². The Labute approximate surface area is 220 Å². The predicted octanol–water partition coefficient (Wildman–Crippen LogP) is 6.00. The van der Waals surface area contributed by atoms with E-state index in [1.165, 1.54) is 0 Å². The van der Waals surface area contributed by atoms with E-state index >= 15 is 0 Å². The zero-order valence-corrected chi connectivity index (χ0v) is 21.2. The number of H-pyrrole nitrogens is 1. The van der Waals surface area contributed by atoms with Crippen molar-refractivity contribution in [2.45, 2.75) is 33.3 Å². The van der Waals surface area contributed by atoms with Crippen molar-refractivity contribution in [3.05, 3.63) is 101 Å². The Kier molecular flexibility index (Phi) is 7.21. The number of aromatic carboxylic acids is 1. The summed E-state index contributed by atoms with van der Waals surface area (Å²) in [6.45, 7) is 4.43. The molecule has 0 amide bonds. The van der Waals surface area contributed by atoms with Gasteiger partial charge in [0.1, 0.15) is 12.4 Å². The van der Waals surface area contributed by atoms with E-state index in [-0.39, 0.29) is 5.56 Å². The fourth-order valence-corrected chi connectivity index (χ4v) is 4.44. The van der Waals surface area contributed by atoms with Crippen LogP contribution in [-0.4, -0.2) is 36.7 Å². The Balaban J connectivity index is 1.52. The summed E-state index contributed by atoms with van der Waals surface area (Å²) in [5, 5.41) is 24.0. The molecule has 2 aromatic heterocycles. The summed E-state index contributed by atoms with van der Waals surface area (Å²) in [7, 11) is 0. The molecule has 0 spiro atoms. The van der Waals surface area contributed by atoms with Crippen molar-refractivity contribution in [3.8, 4) is 39.4 Å². The van der Waals surface area contributed by atoms with Crippen molar-refractivity contribution < 1.29 is 14.6 Å². The summed E-state index contributed by atoms with van der Waals surface area (Å²) in [6, 6.07) is 25.0. The SMILES string of the molecule is CCc1cc(OCc2ccc(-c3ccccc3)c(-c3nn[nH]n3)c2)c(-c2ccc(C(=O)O)cc2)c(CC)n1. The normalized spacial score (nSPS) is 10.9. The van der Waals surface area contributed by atoms with Crippen molar-refractivity contribution in [1.82, 2.24) is 25.6 Å². The number of carbonyl (C=O) groups is 1. The molecule has 0 aliphatic carbocycles. The maximum Gasteiger partial charge on any atom is 0.335 e. The van der Waals surface area contributed by atoms with Gasteiger partial charge in [-0.05, 0) is 58.5 Å². The minimum absolute atomic E-state index is 0.236. The highest BCUT2D eigenvalue weighted by molar-refractivity contribution is 5.88. The van der Waals surface area contributed by atoms with Crippen LogP contribution in [0.4, 0.5) is 0 Å². The molecule has 0 aliphatic heterocycles. The quantitative estimate of drug-likeness (QED) is 0.253. The fraction of sp³-hybridized carbons (Fsp3) is 0.167. The van der Waals surface area contributed by atoms with Crippen molar-refractivity contribution in [2.75, 3.05) is 0 Å². The molecule has 5 aromatic rings. The maximum absolute atomic E-state index is 11.4. The van der Waals surface area contributed by atoms with Crippen LogP contribution in [0.25, 0.3) is 33.6 Å². The minimum atomic E-state index is -0.959. The highest BCUT2D eigenvalue weighted by Gasteiger charge is 2.17. The number of ether oxygens (including phenoxy) is 1. The number of aromatic nitrogens is 5. The van der Waals surface area contributed by atoms with Crippen LogP contribution in [0.5, 0.6) is 5.75 Å². The molecule has 2 heterocycles. The molecule has 8 nitrogen and oxygen atoms in total. The number of hydrogen-bond donors (Lipinski definition) is 2. The molecule has 0 radical (unpaired) electrons. The largest absolute Gasteiger partial charge is 0.488 e. The molecule has 5 rings (SSSR count). The highest BCUT2D eigenvalue weighted by Crippen LogP contribution is 2.36. The molecule has 0 unspecified atom stereocenters. The Morgan fingerprint density at radius 2 is 1.68 bits per heavy atom. The van der Waals surface area contributed by atoms with Crippen LogP contribution in [0.15, 0.2) is 78.9 Å². The summed E-state index contributed by atoms with van der Waals surface area (Å²) in [6.07, 6.45) is 1.49. The second kappa shape index (κ2) is 11.0. The molecule has 0 aliphatic rings. The molecule has 0 bridgehead atoms. The standard InChI is InChI=1S/C30H27N5O3/c1-3-23-17-27(28(26(4-2)31-23)21-11-13-22(14-12-21)30(36)37)38-18-19-10-15-24(20-8-6-5-7-9-20)25(16-19)29-32-34-35-33-29/h5-17H,3-4,18H2,1-2H3,(H,36,37)(H,32,33,34,35). The number of carboxylic acids is 1. The van der Waals surface area contributed by atoms with Crippen molar-refractivity contribution in [3.63, 3.8) is 0 Å². The lowest BCUT2D eigenvalue weighted by atomic mass is 9.97. The Hall–Kier alpha value is -4.85. The summed E-state index contributed by atoms with van der Waals surface area (Å²) in [5.41, 5.74) is 7.69. The lowest BCUT2D eigenvalue weighted by Crippen LogP contribution is -2.04. The van der Waals surface area contributed by atoms with E-state index < -0.39 is 5.97 Å². The first kappa shape index (κ1) is 24.8. The zero-order chi connectivity index (χ0) is 26.5. The van der Waals surface area contributed by atoms with E-state index in [0.29, 0.717) is 24.6 Å². The number of nitrogens with zero attached hydrogens (tertiary/aromatic N) is 4. The minimum Gasteiger partial charge on any atom is -0.488 e. The van der Waals surface area contributed by atoms with Crippen LogP contribution in [0.1, 0.15) is 41.2 Å². The summed E-state index contributed by atoms with van der Waals surface area (Å²) in [5.74, 6) is 0.264. The molecule has 8 heteroatoms. The molecule has 0 saturated carbocycles. The highest BCUT2D eigenvalue weighted by atomic mass is 16.5. The first-order valence-corrected chi connectivity index (χ1v) is 12.5. The van der Waals surface area contributed by atoms with Crippen LogP contribution >= 0.6 is 0 Å². The van der Waals surface area contributed by atoms with Crippen molar-refractivity contribution in [2.24, 2.45) is 0 Å². The third kappa shape index (κ3) is 5.15. The number of aryl methyl sites for hydroxylation is 2. The lowest BCUT2D eigenvalue weighted by molar-refractivity contribution is 0.0697. The van der Waals surface area contributed by atoms with Crippen LogP contribution < -0.4 is 4.74 Å². The molecule has 0 fully saturated rings. The van der Waals surface area contributed by atoms with Crippen LogP contribution in [-0.2, 0) is 19.4 Å². The summed E-state index contributed by atoms with van der Waals surface area (Å²) >= 11 is 0. The average Bonchev–Trinajstić information content (AvgIpc) is 3.51. The lowest BCUT2D eigenvalue weighted by Gasteiger charge is -2.17. The van der Waals surface area contributed by atoms with Crippen molar-refractivity contribution in [1.29, 1.82) is 0 Å². The molecule has 190 valence electrons. The first-order valence-electron chi connectivity index (χ1n) is 12.5. The van der Waals surface area contributed by atoms with Gasteiger partial charge in [0.25, 0.3) is 0 Å². The third-order valence-electron chi connectivity index (χ3n) is 6.38. The van der Waals surface area contributed by atoms with E-state index in [2.05, 4.69) is 34.5 Å². The molecule has 0 saturated heterocycles. The van der Waals surface area contributed by atoms with Gasteiger partial charge in [0.15, 0.2) is 0 Å². The van der Waals surface area contributed by atoms with Crippen molar-refractivity contribution >= 4 is 5.97 Å². The number of nitrogens with one attached hydrogen (secondary N) is 1. The molecular weight excluding hydrogens is 478 g/mol. The number of rotatable bonds is 9. The molecule has 0 atom stereocenters. The number of benzene rings is 3. The number of tetrazole rings is 1. The third-order valence-corrected chi connectivity index (χ3v) is 6.38. The van der Waals surface area contributed by atoms with Gasteiger partial charge >= 0.3 is 5.97 Å². The molecule has 2 N–H and O–H groups in total. The van der Waals surface area contributed by atoms with Gasteiger partial charge in [-0.1, -0.05) is 68.4 Å². The Bertz CT molecular complexity index is 1550. The van der Waals surface area contributed by atoms with Gasteiger partial charge in [0.2, 0.25) is 5.82 Å². The second-order valence-corrected chi connectivity index (χ2v) is 8.79. The Morgan fingerprint density at radius 3 is 2.34 bits per heavy atom. The molecule has 38 heavy (non-hydrogen) atoms. The predicted molar refractivity (Wildman–Crippen MR) is 145 cm³/mol. The second-order valence-electron chi connectivity index (χ2n) is 8.79. The fourth-order valence-electron chi connectivity index (χ4n) is 4.44. The monoisotopic (exact) mass is 505 g/mol. The summed E-state index contributed by atoms with van der Waals surface area (Å²) < 4.78 is 6.44. The summed E-state index contributed by atoms with van der Waals surface area (Å²) in [4.78, 5) is 16.2. The Morgan fingerprint density at radius 1 is 0.895 bits per heavy atom. The van der Waals surface area contributed by atoms with Gasteiger partial charge in [-0.2, -0.15) is 5.21 Å². The number of hydrogen-bond acceptors (Lipinski definition) is 6. The van der Waals surface area contributed by atoms with E-state index in [9.17, 15) is 9.90 Å².